The molecule has 1 aromatic rings. The molecule has 2 aliphatic rings. The first kappa shape index (κ1) is 30.9. The van der Waals surface area contributed by atoms with E-state index in [2.05, 4.69) is 24.1 Å². The maximum atomic E-state index is 13.7. The second-order valence-electron chi connectivity index (χ2n) is 11.5. The van der Waals surface area contributed by atoms with Crippen LogP contribution in [0, 0.1) is 11.3 Å². The van der Waals surface area contributed by atoms with Gasteiger partial charge in [0.05, 0.1) is 24.1 Å². The van der Waals surface area contributed by atoms with Crippen molar-refractivity contribution < 1.29 is 14.7 Å². The number of hydrogen-bond donors (Lipinski definition) is 2. The molecule has 1 aliphatic heterocycles. The second kappa shape index (κ2) is 14.0. The van der Waals surface area contributed by atoms with Gasteiger partial charge in [0.25, 0.3) is 0 Å². The van der Waals surface area contributed by atoms with Crippen LogP contribution in [0.1, 0.15) is 71.8 Å². The first-order valence-corrected chi connectivity index (χ1v) is 13.7. The summed E-state index contributed by atoms with van der Waals surface area (Å²) in [5.74, 6) is 0.546. The molecule has 204 valence electrons. The van der Waals surface area contributed by atoms with Gasteiger partial charge in [-0.2, -0.15) is 0 Å². The zero-order chi connectivity index (χ0) is 25.6. The molecule has 36 heavy (non-hydrogen) atoms. The lowest BCUT2D eigenvalue weighted by Crippen LogP contribution is -2.55. The molecule has 1 saturated carbocycles. The Hall–Kier alpha value is -1.34. The molecule has 2 fully saturated rings. The van der Waals surface area contributed by atoms with E-state index < -0.39 is 5.41 Å². The number of halogens is 2. The van der Waals surface area contributed by atoms with Crippen LogP contribution in [0.3, 0.4) is 0 Å². The first-order chi connectivity index (χ1) is 16.6. The number of likely N-dealkylation sites (tertiary alicyclic amines) is 1. The third kappa shape index (κ3) is 8.08. The van der Waals surface area contributed by atoms with Crippen molar-refractivity contribution in [2.24, 2.45) is 11.3 Å². The van der Waals surface area contributed by atoms with Crippen LogP contribution >= 0.6 is 24.0 Å². The Bertz CT molecular complexity index is 841. The molecule has 0 spiro atoms. The molecular weight excluding hydrogens is 497 g/mol. The molecule has 6 nitrogen and oxygen atoms in total. The Morgan fingerprint density at radius 3 is 2.33 bits per heavy atom. The molecule has 0 unspecified atom stereocenters. The maximum Gasteiger partial charge on any atom is 0.240 e. The van der Waals surface area contributed by atoms with E-state index >= 15 is 0 Å². The summed E-state index contributed by atoms with van der Waals surface area (Å²) in [6.45, 7) is 9.72. The average molecular weight is 543 g/mol. The Morgan fingerprint density at radius 2 is 1.75 bits per heavy atom. The van der Waals surface area contributed by atoms with E-state index in [1.807, 2.05) is 43.0 Å². The van der Waals surface area contributed by atoms with Crippen LogP contribution in [0.4, 0.5) is 0 Å². The number of hydrogen-bond acceptors (Lipinski definition) is 4. The van der Waals surface area contributed by atoms with Gasteiger partial charge in [-0.05, 0) is 69.7 Å². The smallest absolute Gasteiger partial charge is 0.240 e. The number of nitrogens with zero attached hydrogens (tertiary/aromatic N) is 2. The number of rotatable bonds is 10. The number of carbonyl (C=O) groups excluding carboxylic acids is 2. The maximum absolute atomic E-state index is 13.7. The zero-order valence-corrected chi connectivity index (χ0v) is 23.9. The topological polar surface area (TPSA) is 72.9 Å². The summed E-state index contributed by atoms with van der Waals surface area (Å²) in [4.78, 5) is 31.3. The fourth-order valence-corrected chi connectivity index (χ4v) is 5.40. The Morgan fingerprint density at radius 1 is 1.11 bits per heavy atom. The van der Waals surface area contributed by atoms with Gasteiger partial charge < -0.3 is 20.2 Å². The fraction of sp³-hybridized carbons (Fsp3) is 0.714. The normalized spacial score (nSPS) is 19.8. The molecule has 2 amide bonds. The van der Waals surface area contributed by atoms with E-state index in [4.69, 9.17) is 11.6 Å². The van der Waals surface area contributed by atoms with Crippen molar-refractivity contribution in [3.05, 3.63) is 34.9 Å². The van der Waals surface area contributed by atoms with E-state index in [1.54, 1.807) is 0 Å². The number of aliphatic hydroxyl groups is 1. The van der Waals surface area contributed by atoms with E-state index in [9.17, 15) is 14.7 Å². The molecule has 2 atom stereocenters. The number of amides is 2. The first-order valence-electron chi connectivity index (χ1n) is 13.3. The van der Waals surface area contributed by atoms with Gasteiger partial charge in [-0.25, -0.2) is 0 Å². The van der Waals surface area contributed by atoms with Crippen LogP contribution in [0.2, 0.25) is 5.02 Å². The highest BCUT2D eigenvalue weighted by molar-refractivity contribution is 6.30. The summed E-state index contributed by atoms with van der Waals surface area (Å²) < 4.78 is 0. The van der Waals surface area contributed by atoms with Gasteiger partial charge >= 0.3 is 0 Å². The Balaban J connectivity index is 0.00000456. The predicted molar refractivity (Wildman–Crippen MR) is 149 cm³/mol. The highest BCUT2D eigenvalue weighted by Gasteiger charge is 2.42. The van der Waals surface area contributed by atoms with Crippen molar-refractivity contribution >= 4 is 35.8 Å². The lowest BCUT2D eigenvalue weighted by molar-refractivity contribution is -0.149. The van der Waals surface area contributed by atoms with Gasteiger partial charge in [0, 0.05) is 24.2 Å². The van der Waals surface area contributed by atoms with Crippen molar-refractivity contribution in [1.82, 2.24) is 15.1 Å². The van der Waals surface area contributed by atoms with Crippen LogP contribution < -0.4 is 5.32 Å². The van der Waals surface area contributed by atoms with Crippen LogP contribution in [0.25, 0.3) is 0 Å². The standard InChI is InChI=1S/C28H44ClN3O3.ClH/c1-20(2)17-30-25(16-21-10-12-22(29)13-11-21)26(34)31-15-14-24(18-31)32(23-8-6-5-7-9-23)27(35)28(3,4)19-33;/h10-13,20,23-25,30,33H,5-9,14-19H2,1-4H3;1H/t24-,25+;/m0./s1. The molecule has 1 saturated heterocycles. The third-order valence-electron chi connectivity index (χ3n) is 7.47. The molecule has 0 radical (unpaired) electrons. The summed E-state index contributed by atoms with van der Waals surface area (Å²) in [6, 6.07) is 7.57. The number of carbonyl (C=O) groups is 2. The molecule has 8 heteroatoms. The Labute approximate surface area is 228 Å². The second-order valence-corrected chi connectivity index (χ2v) is 11.9. The molecular formula is C28H45Cl2N3O3. The van der Waals surface area contributed by atoms with Crippen molar-refractivity contribution in [2.75, 3.05) is 26.2 Å². The minimum atomic E-state index is -0.815. The van der Waals surface area contributed by atoms with Crippen molar-refractivity contribution in [3.8, 4) is 0 Å². The number of nitrogens with one attached hydrogen (secondary N) is 1. The monoisotopic (exact) mass is 541 g/mol. The van der Waals surface area contributed by atoms with E-state index in [1.165, 1.54) is 6.42 Å². The highest BCUT2D eigenvalue weighted by Crippen LogP contribution is 2.32. The van der Waals surface area contributed by atoms with Gasteiger partial charge in [-0.15, -0.1) is 12.4 Å². The minimum absolute atomic E-state index is 0. The van der Waals surface area contributed by atoms with Crippen LogP contribution in [0.15, 0.2) is 24.3 Å². The van der Waals surface area contributed by atoms with Crippen molar-refractivity contribution in [2.45, 2.75) is 90.8 Å². The number of aliphatic hydroxyl groups excluding tert-OH is 1. The van der Waals surface area contributed by atoms with E-state index in [-0.39, 0.29) is 49.0 Å². The van der Waals surface area contributed by atoms with Gasteiger partial charge in [0.15, 0.2) is 0 Å². The van der Waals surface area contributed by atoms with Crippen molar-refractivity contribution in [3.63, 3.8) is 0 Å². The molecule has 1 heterocycles. The number of benzene rings is 1. The fourth-order valence-electron chi connectivity index (χ4n) is 5.28. The molecule has 3 rings (SSSR count). The van der Waals surface area contributed by atoms with Crippen LogP contribution in [-0.4, -0.2) is 71.1 Å². The lowest BCUT2D eigenvalue weighted by Gasteiger charge is -2.42. The predicted octanol–water partition coefficient (Wildman–Crippen LogP) is 4.70. The summed E-state index contributed by atoms with van der Waals surface area (Å²) >= 11 is 6.06. The summed E-state index contributed by atoms with van der Waals surface area (Å²) in [5.41, 5.74) is 0.258. The van der Waals surface area contributed by atoms with Gasteiger partial charge in [0.2, 0.25) is 11.8 Å². The van der Waals surface area contributed by atoms with Crippen molar-refractivity contribution in [1.29, 1.82) is 0 Å². The molecule has 0 aromatic heterocycles. The largest absolute Gasteiger partial charge is 0.395 e. The van der Waals surface area contributed by atoms with Crippen LogP contribution in [-0.2, 0) is 16.0 Å². The van der Waals surface area contributed by atoms with E-state index in [0.717, 1.165) is 44.2 Å². The molecule has 0 bridgehead atoms. The third-order valence-corrected chi connectivity index (χ3v) is 7.72. The van der Waals surface area contributed by atoms with Gasteiger partial charge in [-0.3, -0.25) is 9.59 Å². The Kier molecular flexibility index (Phi) is 12.0. The molecule has 2 N–H and O–H groups in total. The van der Waals surface area contributed by atoms with Gasteiger partial charge in [0.1, 0.15) is 0 Å². The lowest BCUT2D eigenvalue weighted by atomic mass is 9.87. The molecule has 1 aromatic carbocycles. The summed E-state index contributed by atoms with van der Waals surface area (Å²) in [5, 5.41) is 14.1. The summed E-state index contributed by atoms with van der Waals surface area (Å²) in [7, 11) is 0. The summed E-state index contributed by atoms with van der Waals surface area (Å²) in [6.07, 6.45) is 6.88. The highest BCUT2D eigenvalue weighted by atomic mass is 35.5. The van der Waals surface area contributed by atoms with E-state index in [0.29, 0.717) is 30.5 Å². The average Bonchev–Trinajstić information content (AvgIpc) is 3.33. The minimum Gasteiger partial charge on any atom is -0.395 e. The SMILES string of the molecule is CC(C)CN[C@H](Cc1ccc(Cl)cc1)C(=O)N1CC[C@H](N(C(=O)C(C)(C)CO)C2CCCCC2)C1.Cl. The zero-order valence-electron chi connectivity index (χ0n) is 22.3. The van der Waals surface area contributed by atoms with Gasteiger partial charge in [-0.1, -0.05) is 56.8 Å². The van der Waals surface area contributed by atoms with Crippen LogP contribution in [0.5, 0.6) is 0 Å². The quantitative estimate of drug-likeness (QED) is 0.450. The molecule has 1 aliphatic carbocycles.